The van der Waals surface area contributed by atoms with Crippen LogP contribution >= 0.6 is 0 Å². The number of ether oxygens (including phenoxy) is 3. The summed E-state index contributed by atoms with van der Waals surface area (Å²) in [6.07, 6.45) is 10.7. The maximum atomic E-state index is 11.5. The first-order chi connectivity index (χ1) is 18.5. The number of fused-ring (bicyclic) bond motifs is 4. The van der Waals surface area contributed by atoms with E-state index in [1.165, 1.54) is 12.8 Å². The number of nitro groups is 1. The zero-order chi connectivity index (χ0) is 26.2. The molecule has 3 aliphatic heterocycles. The highest BCUT2D eigenvalue weighted by Gasteiger charge is 2.40. The van der Waals surface area contributed by atoms with Crippen LogP contribution in [0.3, 0.4) is 0 Å². The van der Waals surface area contributed by atoms with Gasteiger partial charge in [-0.3, -0.25) is 20.0 Å². The number of pyridine rings is 1. The maximum absolute atomic E-state index is 11.5. The third-order valence-corrected chi connectivity index (χ3v) is 8.42. The summed E-state index contributed by atoms with van der Waals surface area (Å²) < 4.78 is 16.2. The first-order valence-electron chi connectivity index (χ1n) is 13.3. The molecule has 6 rings (SSSR count). The molecule has 1 N–H and O–H groups in total. The smallest absolute Gasteiger partial charge is 0.315 e. The highest BCUT2D eigenvalue weighted by atomic mass is 16.7. The number of nitro benzene ring substituents is 1. The van der Waals surface area contributed by atoms with Crippen molar-refractivity contribution >= 4 is 11.8 Å². The number of piperidine rings is 1. The second kappa shape index (κ2) is 10.2. The Morgan fingerprint density at radius 2 is 2.08 bits per heavy atom. The van der Waals surface area contributed by atoms with Crippen LogP contribution in [0, 0.1) is 21.4 Å². The summed E-state index contributed by atoms with van der Waals surface area (Å²) in [6.45, 7) is 1.47. The van der Waals surface area contributed by atoms with Gasteiger partial charge < -0.3 is 19.5 Å². The van der Waals surface area contributed by atoms with Gasteiger partial charge in [0.25, 0.3) is 0 Å². The molecule has 10 heteroatoms. The van der Waals surface area contributed by atoms with Gasteiger partial charge in [-0.05, 0) is 61.8 Å². The first kappa shape index (κ1) is 24.6. The summed E-state index contributed by atoms with van der Waals surface area (Å²) in [6, 6.07) is 7.09. The third kappa shape index (κ3) is 4.57. The predicted octanol–water partition coefficient (Wildman–Crippen LogP) is 3.85. The van der Waals surface area contributed by atoms with Crippen LogP contribution in [0.1, 0.15) is 60.1 Å². The minimum absolute atomic E-state index is 0.0108. The van der Waals surface area contributed by atoms with Crippen molar-refractivity contribution in [1.82, 2.24) is 15.2 Å². The van der Waals surface area contributed by atoms with Crippen molar-refractivity contribution in [3.63, 3.8) is 0 Å². The van der Waals surface area contributed by atoms with Crippen molar-refractivity contribution in [3.8, 4) is 17.6 Å². The van der Waals surface area contributed by atoms with E-state index in [0.29, 0.717) is 36.0 Å². The highest BCUT2D eigenvalue weighted by molar-refractivity contribution is 5.63. The fourth-order valence-electron chi connectivity index (χ4n) is 6.57. The number of nitrogens with one attached hydrogen (secondary N) is 1. The molecular formula is C28H31N5O5. The minimum Gasteiger partial charge on any atom is -0.501 e. The van der Waals surface area contributed by atoms with E-state index in [9.17, 15) is 15.4 Å². The summed E-state index contributed by atoms with van der Waals surface area (Å²) in [5.41, 5.74) is 4.62. The van der Waals surface area contributed by atoms with Crippen molar-refractivity contribution < 1.29 is 19.1 Å². The number of nitriles is 1. The average Bonchev–Trinajstić information content (AvgIpc) is 3.50. The molecule has 4 aliphatic rings. The van der Waals surface area contributed by atoms with E-state index in [4.69, 9.17) is 14.2 Å². The Balaban J connectivity index is 1.11. The summed E-state index contributed by atoms with van der Waals surface area (Å²) in [4.78, 5) is 18.2. The second-order valence-electron chi connectivity index (χ2n) is 10.5. The zero-order valence-electron chi connectivity index (χ0n) is 21.4. The van der Waals surface area contributed by atoms with Crippen LogP contribution in [-0.2, 0) is 24.1 Å². The Morgan fingerprint density at radius 1 is 1.26 bits per heavy atom. The van der Waals surface area contributed by atoms with Gasteiger partial charge in [0.15, 0.2) is 5.75 Å². The number of nitrogens with zero attached hydrogens (tertiary/aromatic N) is 4. The molecule has 0 radical (unpaired) electrons. The lowest BCUT2D eigenvalue weighted by Crippen LogP contribution is -2.49. The second-order valence-corrected chi connectivity index (χ2v) is 10.5. The summed E-state index contributed by atoms with van der Waals surface area (Å²) in [5, 5.41) is 24.9. The van der Waals surface area contributed by atoms with Crippen LogP contribution in [-0.4, -0.2) is 53.4 Å². The highest BCUT2D eigenvalue weighted by Crippen LogP contribution is 2.42. The van der Waals surface area contributed by atoms with Gasteiger partial charge in [-0.1, -0.05) is 0 Å². The summed E-state index contributed by atoms with van der Waals surface area (Å²) >= 11 is 0. The number of rotatable bonds is 8. The molecule has 198 valence electrons. The number of hydrogen-bond acceptors (Lipinski definition) is 9. The van der Waals surface area contributed by atoms with Gasteiger partial charge in [-0.2, -0.15) is 5.26 Å². The fraction of sp³-hybridized carbons (Fsp3) is 0.500. The Hall–Kier alpha value is -3.68. The number of benzene rings is 1. The molecule has 1 unspecified atom stereocenters. The Kier molecular flexibility index (Phi) is 6.64. The fourth-order valence-corrected chi connectivity index (χ4v) is 6.57. The molecule has 3 atom stereocenters. The average molecular weight is 518 g/mol. The van der Waals surface area contributed by atoms with Crippen molar-refractivity contribution in [2.75, 3.05) is 20.4 Å². The van der Waals surface area contributed by atoms with E-state index in [0.717, 1.165) is 66.8 Å². The van der Waals surface area contributed by atoms with E-state index < -0.39 is 4.92 Å². The van der Waals surface area contributed by atoms with Gasteiger partial charge in [0.1, 0.15) is 6.07 Å². The Bertz CT molecular complexity index is 1320. The summed E-state index contributed by atoms with van der Waals surface area (Å²) in [5.74, 6) is 1.60. The standard InChI is InChI=1S/C28H31N5O5/c1-36-22-4-5-25-24(12-22)23(18(13-29)15-31-25)6-7-32-20-2-3-21(32)11-19(10-20)30-14-17-8-26(33(34)35)28-27(9-17)37-16-38-28/h8-9,12,15,19-21,30H,2-7,10-11,14,16H2,1H3/t19?,20-,21+. The SMILES string of the molecule is COC1=Cc2c(ncc(C#N)c2CCN2[C@@H]3CC[C@H]2CC(NCc2cc4c(c([N+](=O)[O-])c2)OCO4)C3)CC1. The predicted molar refractivity (Wildman–Crippen MR) is 139 cm³/mol. The van der Waals surface area contributed by atoms with Crippen LogP contribution in [0.25, 0.3) is 6.08 Å². The normalized spacial score (nSPS) is 23.5. The van der Waals surface area contributed by atoms with Crippen LogP contribution in [0.5, 0.6) is 11.5 Å². The molecule has 1 aliphatic carbocycles. The molecule has 2 bridgehead atoms. The number of methoxy groups -OCH3 is 1. The minimum atomic E-state index is -0.417. The Labute approximate surface area is 221 Å². The Morgan fingerprint density at radius 3 is 2.82 bits per heavy atom. The van der Waals surface area contributed by atoms with E-state index in [1.54, 1.807) is 19.4 Å². The lowest BCUT2D eigenvalue weighted by Gasteiger charge is -2.39. The lowest BCUT2D eigenvalue weighted by molar-refractivity contribution is -0.385. The number of aromatic nitrogens is 1. The van der Waals surface area contributed by atoms with Crippen LogP contribution in [0.4, 0.5) is 5.69 Å². The largest absolute Gasteiger partial charge is 0.501 e. The third-order valence-electron chi connectivity index (χ3n) is 8.42. The number of allylic oxidation sites excluding steroid dienone is 1. The molecule has 4 heterocycles. The quantitative estimate of drug-likeness (QED) is 0.411. The van der Waals surface area contributed by atoms with E-state index in [1.807, 2.05) is 6.07 Å². The van der Waals surface area contributed by atoms with Gasteiger partial charge >= 0.3 is 5.69 Å². The van der Waals surface area contributed by atoms with Gasteiger partial charge in [-0.25, -0.2) is 0 Å². The van der Waals surface area contributed by atoms with E-state index in [-0.39, 0.29) is 18.2 Å². The first-order valence-corrected chi connectivity index (χ1v) is 13.3. The van der Waals surface area contributed by atoms with Crippen LogP contribution in [0.15, 0.2) is 24.1 Å². The van der Waals surface area contributed by atoms with Gasteiger partial charge in [-0.15, -0.1) is 0 Å². The van der Waals surface area contributed by atoms with Crippen LogP contribution in [0.2, 0.25) is 0 Å². The molecule has 1 aromatic heterocycles. The summed E-state index contributed by atoms with van der Waals surface area (Å²) in [7, 11) is 1.70. The topological polar surface area (TPSA) is 123 Å². The monoisotopic (exact) mass is 517 g/mol. The van der Waals surface area contributed by atoms with Gasteiger partial charge in [0, 0.05) is 61.2 Å². The molecule has 0 saturated carbocycles. The zero-order valence-corrected chi connectivity index (χ0v) is 21.4. The van der Waals surface area contributed by atoms with Crippen molar-refractivity contribution in [2.24, 2.45) is 0 Å². The van der Waals surface area contributed by atoms with Gasteiger partial charge in [0.2, 0.25) is 12.5 Å². The van der Waals surface area contributed by atoms with E-state index in [2.05, 4.69) is 27.3 Å². The van der Waals surface area contributed by atoms with Crippen molar-refractivity contribution in [1.29, 1.82) is 5.26 Å². The number of hydrogen-bond donors (Lipinski definition) is 1. The van der Waals surface area contributed by atoms with Crippen molar-refractivity contribution in [2.45, 2.75) is 69.6 Å². The molecule has 2 fully saturated rings. The van der Waals surface area contributed by atoms with E-state index >= 15 is 0 Å². The molecule has 2 aromatic rings. The molecule has 10 nitrogen and oxygen atoms in total. The molecule has 0 spiro atoms. The number of aryl methyl sites for hydroxylation is 1. The van der Waals surface area contributed by atoms with Gasteiger partial charge in [0.05, 0.1) is 23.4 Å². The molecule has 2 saturated heterocycles. The lowest BCUT2D eigenvalue weighted by atomic mass is 9.91. The molecular weight excluding hydrogens is 486 g/mol. The van der Waals surface area contributed by atoms with Crippen LogP contribution < -0.4 is 14.8 Å². The molecule has 1 aromatic carbocycles. The van der Waals surface area contributed by atoms with Crippen molar-refractivity contribution in [3.05, 3.63) is 62.2 Å². The maximum Gasteiger partial charge on any atom is 0.315 e. The molecule has 0 amide bonds. The molecule has 38 heavy (non-hydrogen) atoms.